The second kappa shape index (κ2) is 8.19. The fourth-order valence-corrected chi connectivity index (χ4v) is 2.34. The molecule has 1 aromatic heterocycles. The van der Waals surface area contributed by atoms with Crippen molar-refractivity contribution >= 4 is 17.4 Å². The van der Waals surface area contributed by atoms with Crippen LogP contribution in [-0.2, 0) is 0 Å². The van der Waals surface area contributed by atoms with E-state index in [1.165, 1.54) is 0 Å². The van der Waals surface area contributed by atoms with Gasteiger partial charge in [-0.3, -0.25) is 4.79 Å². The van der Waals surface area contributed by atoms with Crippen LogP contribution in [0, 0.1) is 0 Å². The molecule has 0 aliphatic carbocycles. The average Bonchev–Trinajstić information content (AvgIpc) is 2.63. The van der Waals surface area contributed by atoms with Gasteiger partial charge in [0.2, 0.25) is 0 Å². The standard InChI is InChI=1S/C18H23N3O3/c1-5-21(6-2)18(22)13-7-10-17(19-12-13)20-15-11-14(23-3)8-9-16(15)24-4/h7-12H,5-6H2,1-4H3,(H,19,20). The first-order valence-corrected chi connectivity index (χ1v) is 7.87. The molecule has 0 radical (unpaired) electrons. The smallest absolute Gasteiger partial charge is 0.255 e. The Kier molecular flexibility index (Phi) is 6.01. The lowest BCUT2D eigenvalue weighted by molar-refractivity contribution is 0.0772. The molecular formula is C18H23N3O3. The summed E-state index contributed by atoms with van der Waals surface area (Å²) < 4.78 is 10.6. The number of rotatable bonds is 7. The van der Waals surface area contributed by atoms with Gasteiger partial charge in [0, 0.05) is 25.4 Å². The highest BCUT2D eigenvalue weighted by atomic mass is 16.5. The lowest BCUT2D eigenvalue weighted by Gasteiger charge is -2.18. The molecule has 1 amide bonds. The summed E-state index contributed by atoms with van der Waals surface area (Å²) in [6.07, 6.45) is 1.58. The highest BCUT2D eigenvalue weighted by Gasteiger charge is 2.13. The van der Waals surface area contributed by atoms with Gasteiger partial charge >= 0.3 is 0 Å². The predicted octanol–water partition coefficient (Wildman–Crippen LogP) is 3.32. The number of hydrogen-bond donors (Lipinski definition) is 1. The third-order valence-corrected chi connectivity index (χ3v) is 3.73. The normalized spacial score (nSPS) is 10.2. The van der Waals surface area contributed by atoms with Gasteiger partial charge in [0.15, 0.2) is 0 Å². The Hall–Kier alpha value is -2.76. The van der Waals surface area contributed by atoms with Crippen molar-refractivity contribution in [3.63, 3.8) is 0 Å². The summed E-state index contributed by atoms with van der Waals surface area (Å²) in [6, 6.07) is 9.01. The van der Waals surface area contributed by atoms with Crippen molar-refractivity contribution < 1.29 is 14.3 Å². The van der Waals surface area contributed by atoms with Gasteiger partial charge in [-0.2, -0.15) is 0 Å². The molecule has 0 saturated heterocycles. The Labute approximate surface area is 142 Å². The number of methoxy groups -OCH3 is 2. The quantitative estimate of drug-likeness (QED) is 0.844. The van der Waals surface area contributed by atoms with Crippen molar-refractivity contribution in [1.29, 1.82) is 0 Å². The first kappa shape index (κ1) is 17.6. The van der Waals surface area contributed by atoms with E-state index in [2.05, 4.69) is 10.3 Å². The van der Waals surface area contributed by atoms with Gasteiger partial charge in [0.1, 0.15) is 17.3 Å². The van der Waals surface area contributed by atoms with Gasteiger partial charge in [0.25, 0.3) is 5.91 Å². The maximum Gasteiger partial charge on any atom is 0.255 e. The molecule has 0 atom stereocenters. The number of nitrogens with one attached hydrogen (secondary N) is 1. The molecule has 1 heterocycles. The SMILES string of the molecule is CCN(CC)C(=O)c1ccc(Nc2cc(OC)ccc2OC)nc1. The molecule has 0 aliphatic rings. The predicted molar refractivity (Wildman–Crippen MR) is 94.3 cm³/mol. The summed E-state index contributed by atoms with van der Waals surface area (Å²) in [5.41, 5.74) is 1.31. The van der Waals surface area contributed by atoms with Crippen LogP contribution in [-0.4, -0.2) is 43.1 Å². The molecule has 2 rings (SSSR count). The number of ether oxygens (including phenoxy) is 2. The molecule has 0 unspecified atom stereocenters. The molecule has 0 saturated carbocycles. The number of anilines is 2. The highest BCUT2D eigenvalue weighted by Crippen LogP contribution is 2.30. The number of carbonyl (C=O) groups is 1. The van der Waals surface area contributed by atoms with Crippen molar-refractivity contribution in [2.45, 2.75) is 13.8 Å². The molecule has 0 spiro atoms. The van der Waals surface area contributed by atoms with E-state index in [9.17, 15) is 4.79 Å². The summed E-state index contributed by atoms with van der Waals surface area (Å²) in [5.74, 6) is 2.00. The first-order chi connectivity index (χ1) is 11.6. The molecular weight excluding hydrogens is 306 g/mol. The Morgan fingerprint density at radius 2 is 1.88 bits per heavy atom. The zero-order valence-electron chi connectivity index (χ0n) is 14.5. The van der Waals surface area contributed by atoms with Crippen molar-refractivity contribution in [2.24, 2.45) is 0 Å². The molecule has 0 bridgehead atoms. The molecule has 128 valence electrons. The van der Waals surface area contributed by atoms with Gasteiger partial charge in [-0.15, -0.1) is 0 Å². The summed E-state index contributed by atoms with van der Waals surface area (Å²) in [4.78, 5) is 18.4. The van der Waals surface area contributed by atoms with Crippen LogP contribution >= 0.6 is 0 Å². The molecule has 24 heavy (non-hydrogen) atoms. The van der Waals surface area contributed by atoms with E-state index in [-0.39, 0.29) is 5.91 Å². The van der Waals surface area contributed by atoms with Crippen LogP contribution in [0.5, 0.6) is 11.5 Å². The topological polar surface area (TPSA) is 63.7 Å². The number of carbonyl (C=O) groups excluding carboxylic acids is 1. The second-order valence-electron chi connectivity index (χ2n) is 5.10. The van der Waals surface area contributed by atoms with Crippen LogP contribution in [0.3, 0.4) is 0 Å². The van der Waals surface area contributed by atoms with Gasteiger partial charge < -0.3 is 19.7 Å². The van der Waals surface area contributed by atoms with Crippen LogP contribution in [0.2, 0.25) is 0 Å². The second-order valence-corrected chi connectivity index (χ2v) is 5.10. The zero-order chi connectivity index (χ0) is 17.5. The lowest BCUT2D eigenvalue weighted by Crippen LogP contribution is -2.30. The molecule has 2 aromatic rings. The molecule has 0 aliphatic heterocycles. The number of nitrogens with zero attached hydrogens (tertiary/aromatic N) is 2. The number of aromatic nitrogens is 1. The minimum Gasteiger partial charge on any atom is -0.497 e. The van der Waals surface area contributed by atoms with Crippen LogP contribution < -0.4 is 14.8 Å². The van der Waals surface area contributed by atoms with E-state index in [1.807, 2.05) is 32.0 Å². The van der Waals surface area contributed by atoms with E-state index in [4.69, 9.17) is 9.47 Å². The zero-order valence-corrected chi connectivity index (χ0v) is 14.5. The molecule has 1 aromatic carbocycles. The van der Waals surface area contributed by atoms with Crippen molar-refractivity contribution in [3.8, 4) is 11.5 Å². The molecule has 6 nitrogen and oxygen atoms in total. The fraction of sp³-hybridized carbons (Fsp3) is 0.333. The summed E-state index contributed by atoms with van der Waals surface area (Å²) >= 11 is 0. The van der Waals surface area contributed by atoms with Gasteiger partial charge in [-0.25, -0.2) is 4.98 Å². The molecule has 6 heteroatoms. The number of amides is 1. The monoisotopic (exact) mass is 329 g/mol. The van der Waals surface area contributed by atoms with E-state index in [0.717, 1.165) is 5.69 Å². The maximum atomic E-state index is 12.3. The number of hydrogen-bond acceptors (Lipinski definition) is 5. The van der Waals surface area contributed by atoms with E-state index < -0.39 is 0 Å². The summed E-state index contributed by atoms with van der Waals surface area (Å²) in [5, 5.41) is 3.18. The van der Waals surface area contributed by atoms with Gasteiger partial charge in [-0.1, -0.05) is 0 Å². The van der Waals surface area contributed by atoms with Crippen LogP contribution in [0.15, 0.2) is 36.5 Å². The van der Waals surface area contributed by atoms with Crippen molar-refractivity contribution in [2.75, 3.05) is 32.6 Å². The van der Waals surface area contributed by atoms with Gasteiger partial charge in [-0.05, 0) is 38.1 Å². The largest absolute Gasteiger partial charge is 0.497 e. The number of pyridine rings is 1. The average molecular weight is 329 g/mol. The Morgan fingerprint density at radius 3 is 2.42 bits per heavy atom. The highest BCUT2D eigenvalue weighted by molar-refractivity contribution is 5.94. The third-order valence-electron chi connectivity index (χ3n) is 3.73. The number of benzene rings is 1. The fourth-order valence-electron chi connectivity index (χ4n) is 2.34. The van der Waals surface area contributed by atoms with E-state index >= 15 is 0 Å². The maximum absolute atomic E-state index is 12.3. The molecule has 0 fully saturated rings. The van der Waals surface area contributed by atoms with E-state index in [1.54, 1.807) is 37.4 Å². The summed E-state index contributed by atoms with van der Waals surface area (Å²) in [7, 11) is 3.21. The Balaban J connectivity index is 2.19. The Morgan fingerprint density at radius 1 is 1.12 bits per heavy atom. The lowest BCUT2D eigenvalue weighted by atomic mass is 10.2. The molecule has 1 N–H and O–H groups in total. The van der Waals surface area contributed by atoms with Gasteiger partial charge in [0.05, 0.1) is 25.5 Å². The van der Waals surface area contributed by atoms with E-state index in [0.29, 0.717) is 36.0 Å². The third kappa shape index (κ3) is 3.95. The first-order valence-electron chi connectivity index (χ1n) is 7.87. The minimum atomic E-state index is -0.0157. The van der Waals surface area contributed by atoms with Crippen molar-refractivity contribution in [1.82, 2.24) is 9.88 Å². The van der Waals surface area contributed by atoms with Crippen LogP contribution in [0.4, 0.5) is 11.5 Å². The van der Waals surface area contributed by atoms with Crippen LogP contribution in [0.1, 0.15) is 24.2 Å². The summed E-state index contributed by atoms with van der Waals surface area (Å²) in [6.45, 7) is 5.27. The van der Waals surface area contributed by atoms with Crippen molar-refractivity contribution in [3.05, 3.63) is 42.1 Å². The minimum absolute atomic E-state index is 0.0157. The Bertz CT molecular complexity index is 682. The van der Waals surface area contributed by atoms with Crippen LogP contribution in [0.25, 0.3) is 0 Å².